The summed E-state index contributed by atoms with van der Waals surface area (Å²) >= 11 is 0. The molecule has 0 bridgehead atoms. The molecule has 3 heteroatoms. The highest BCUT2D eigenvalue weighted by atomic mass is 19.3. The van der Waals surface area contributed by atoms with Gasteiger partial charge < -0.3 is 0 Å². The van der Waals surface area contributed by atoms with E-state index < -0.39 is 6.43 Å². The van der Waals surface area contributed by atoms with Crippen molar-refractivity contribution in [2.45, 2.75) is 13.3 Å². The van der Waals surface area contributed by atoms with E-state index in [1.54, 1.807) is 19.1 Å². The maximum absolute atomic E-state index is 12.2. The van der Waals surface area contributed by atoms with E-state index in [4.69, 9.17) is 5.26 Å². The monoisotopic (exact) mass is 167 g/mol. The van der Waals surface area contributed by atoms with Crippen LogP contribution in [0.4, 0.5) is 8.78 Å². The van der Waals surface area contributed by atoms with Crippen LogP contribution in [-0.4, -0.2) is 0 Å². The van der Waals surface area contributed by atoms with Gasteiger partial charge in [0, 0.05) is 5.56 Å². The number of alkyl halides is 2. The van der Waals surface area contributed by atoms with Crippen molar-refractivity contribution < 1.29 is 8.78 Å². The minimum absolute atomic E-state index is 0.0602. The number of hydrogen-bond acceptors (Lipinski definition) is 1. The molecule has 0 N–H and O–H groups in total. The largest absolute Gasteiger partial charge is 0.265 e. The van der Waals surface area contributed by atoms with Crippen LogP contribution in [0.2, 0.25) is 0 Å². The fraction of sp³-hybridized carbons (Fsp3) is 0.222. The van der Waals surface area contributed by atoms with Gasteiger partial charge in [0.15, 0.2) is 0 Å². The second-order valence-corrected chi connectivity index (χ2v) is 2.50. The minimum Gasteiger partial charge on any atom is -0.205 e. The molecule has 0 saturated heterocycles. The van der Waals surface area contributed by atoms with Crippen LogP contribution < -0.4 is 0 Å². The highest BCUT2D eigenvalue weighted by molar-refractivity contribution is 5.40. The van der Waals surface area contributed by atoms with E-state index in [0.717, 1.165) is 5.56 Å². The quantitative estimate of drug-likeness (QED) is 0.630. The van der Waals surface area contributed by atoms with E-state index in [1.165, 1.54) is 12.1 Å². The van der Waals surface area contributed by atoms with E-state index in [9.17, 15) is 8.78 Å². The molecule has 0 amide bonds. The molecule has 0 heterocycles. The molecule has 0 spiro atoms. The van der Waals surface area contributed by atoms with Crippen LogP contribution in [0.25, 0.3) is 0 Å². The maximum atomic E-state index is 12.2. The molecule has 0 saturated carbocycles. The van der Waals surface area contributed by atoms with E-state index in [0.29, 0.717) is 0 Å². The fourth-order valence-electron chi connectivity index (χ4n) is 0.957. The van der Waals surface area contributed by atoms with Crippen molar-refractivity contribution >= 4 is 0 Å². The third-order valence-electron chi connectivity index (χ3n) is 1.56. The molecule has 1 aromatic carbocycles. The lowest BCUT2D eigenvalue weighted by molar-refractivity contribution is 0.151. The van der Waals surface area contributed by atoms with Crippen molar-refractivity contribution in [2.75, 3.05) is 0 Å². The smallest absolute Gasteiger partial charge is 0.205 e. The van der Waals surface area contributed by atoms with Crippen molar-refractivity contribution in [2.24, 2.45) is 0 Å². The van der Waals surface area contributed by atoms with Crippen LogP contribution in [-0.2, 0) is 0 Å². The molecule has 1 rings (SSSR count). The van der Waals surface area contributed by atoms with Crippen molar-refractivity contribution in [1.82, 2.24) is 0 Å². The fourth-order valence-corrected chi connectivity index (χ4v) is 0.957. The summed E-state index contributed by atoms with van der Waals surface area (Å²) in [4.78, 5) is 0. The first-order valence-corrected chi connectivity index (χ1v) is 3.44. The Bertz CT molecular complexity index is 326. The lowest BCUT2D eigenvalue weighted by Crippen LogP contribution is -1.90. The standard InChI is InChI=1S/C9H7F2N/c1-6-2-3-8(9(10)11)7(4-6)5-12/h2-4,9H,1H3. The van der Waals surface area contributed by atoms with E-state index in [1.807, 2.05) is 0 Å². The Labute approximate surface area is 69.2 Å². The number of aryl methyl sites for hydroxylation is 1. The normalized spacial score (nSPS) is 9.92. The van der Waals surface area contributed by atoms with Gasteiger partial charge in [-0.15, -0.1) is 0 Å². The molecule has 0 radical (unpaired) electrons. The summed E-state index contributed by atoms with van der Waals surface area (Å²) in [6, 6.07) is 6.06. The average Bonchev–Trinajstić information content (AvgIpc) is 2.03. The molecule has 0 atom stereocenters. The number of rotatable bonds is 1. The van der Waals surface area contributed by atoms with E-state index >= 15 is 0 Å². The number of benzene rings is 1. The molecule has 1 nitrogen and oxygen atoms in total. The van der Waals surface area contributed by atoms with Crippen LogP contribution in [0.1, 0.15) is 23.1 Å². The maximum Gasteiger partial charge on any atom is 0.265 e. The zero-order valence-corrected chi connectivity index (χ0v) is 6.51. The number of nitriles is 1. The molecule has 1 aromatic rings. The highest BCUT2D eigenvalue weighted by Crippen LogP contribution is 2.22. The van der Waals surface area contributed by atoms with Crippen LogP contribution in [0.5, 0.6) is 0 Å². The molecule has 62 valence electrons. The van der Waals surface area contributed by atoms with Crippen LogP contribution >= 0.6 is 0 Å². The number of nitrogens with zero attached hydrogens (tertiary/aromatic N) is 1. The molecule has 0 aliphatic rings. The second kappa shape index (κ2) is 3.31. The summed E-state index contributed by atoms with van der Waals surface area (Å²) in [5, 5.41) is 8.51. The Hall–Kier alpha value is -1.43. The molecule has 0 aromatic heterocycles. The predicted octanol–water partition coefficient (Wildman–Crippen LogP) is 2.80. The molecular formula is C9H7F2N. The number of halogens is 2. The summed E-state index contributed by atoms with van der Waals surface area (Å²) in [5.41, 5.74) is 0.684. The third-order valence-corrected chi connectivity index (χ3v) is 1.56. The minimum atomic E-state index is -2.57. The van der Waals surface area contributed by atoms with E-state index in [-0.39, 0.29) is 11.1 Å². The highest BCUT2D eigenvalue weighted by Gasteiger charge is 2.11. The van der Waals surface area contributed by atoms with Crippen molar-refractivity contribution in [3.8, 4) is 6.07 Å². The summed E-state index contributed by atoms with van der Waals surface area (Å²) in [7, 11) is 0. The lowest BCUT2D eigenvalue weighted by Gasteiger charge is -2.02. The molecule has 12 heavy (non-hydrogen) atoms. The van der Waals surface area contributed by atoms with Gasteiger partial charge in [-0.05, 0) is 18.6 Å². The molecule has 0 unspecified atom stereocenters. The number of hydrogen-bond donors (Lipinski definition) is 0. The first-order chi connectivity index (χ1) is 5.65. The van der Waals surface area contributed by atoms with Gasteiger partial charge in [-0.1, -0.05) is 12.1 Å². The third kappa shape index (κ3) is 1.59. The van der Waals surface area contributed by atoms with Gasteiger partial charge in [-0.2, -0.15) is 5.26 Å². The van der Waals surface area contributed by atoms with Crippen LogP contribution in [0.15, 0.2) is 18.2 Å². The topological polar surface area (TPSA) is 23.8 Å². The average molecular weight is 167 g/mol. The van der Waals surface area contributed by atoms with Crippen LogP contribution in [0.3, 0.4) is 0 Å². The Balaban J connectivity index is 3.23. The van der Waals surface area contributed by atoms with Gasteiger partial charge in [-0.3, -0.25) is 0 Å². The van der Waals surface area contributed by atoms with Gasteiger partial charge in [0.05, 0.1) is 11.6 Å². The Morgan fingerprint density at radius 3 is 2.58 bits per heavy atom. The van der Waals surface area contributed by atoms with Crippen LogP contribution in [0, 0.1) is 18.3 Å². The van der Waals surface area contributed by atoms with Gasteiger partial charge in [0.25, 0.3) is 6.43 Å². The Morgan fingerprint density at radius 1 is 1.42 bits per heavy atom. The van der Waals surface area contributed by atoms with Crippen molar-refractivity contribution in [1.29, 1.82) is 5.26 Å². The van der Waals surface area contributed by atoms with Crippen molar-refractivity contribution in [3.05, 3.63) is 34.9 Å². The van der Waals surface area contributed by atoms with Gasteiger partial charge in [-0.25, -0.2) is 8.78 Å². The van der Waals surface area contributed by atoms with Crippen molar-refractivity contribution in [3.63, 3.8) is 0 Å². The second-order valence-electron chi connectivity index (χ2n) is 2.50. The lowest BCUT2D eigenvalue weighted by atomic mass is 10.1. The SMILES string of the molecule is Cc1ccc(C(F)F)c(C#N)c1. The summed E-state index contributed by atoms with van der Waals surface area (Å²) in [6.07, 6.45) is -2.57. The zero-order chi connectivity index (χ0) is 9.14. The molecule has 0 fully saturated rings. The molecular weight excluding hydrogens is 160 g/mol. The van der Waals surface area contributed by atoms with Gasteiger partial charge >= 0.3 is 0 Å². The summed E-state index contributed by atoms with van der Waals surface area (Å²) in [6.45, 7) is 1.76. The summed E-state index contributed by atoms with van der Waals surface area (Å²) < 4.78 is 24.4. The molecule has 0 aliphatic carbocycles. The summed E-state index contributed by atoms with van der Waals surface area (Å²) in [5.74, 6) is 0. The van der Waals surface area contributed by atoms with E-state index in [2.05, 4.69) is 0 Å². The van der Waals surface area contributed by atoms with Gasteiger partial charge in [0.1, 0.15) is 0 Å². The molecule has 0 aliphatic heterocycles. The Kier molecular flexibility index (Phi) is 2.39. The first kappa shape index (κ1) is 8.66. The zero-order valence-electron chi connectivity index (χ0n) is 6.51. The van der Waals surface area contributed by atoms with Gasteiger partial charge in [0.2, 0.25) is 0 Å². The Morgan fingerprint density at radius 2 is 2.08 bits per heavy atom. The predicted molar refractivity (Wildman–Crippen MR) is 40.9 cm³/mol. The first-order valence-electron chi connectivity index (χ1n) is 3.44.